The first kappa shape index (κ1) is 29.2. The van der Waals surface area contributed by atoms with Crippen molar-refractivity contribution in [2.75, 3.05) is 13.2 Å². The summed E-state index contributed by atoms with van der Waals surface area (Å²) in [7, 11) is 0. The van der Waals surface area contributed by atoms with Crippen molar-refractivity contribution >= 4 is 28.9 Å². The number of hydrogen-bond acceptors (Lipinski definition) is 7. The van der Waals surface area contributed by atoms with Crippen LogP contribution in [0.3, 0.4) is 0 Å². The first-order chi connectivity index (χ1) is 22.0. The third kappa shape index (κ3) is 4.96. The highest BCUT2D eigenvalue weighted by Crippen LogP contribution is 2.50. The van der Waals surface area contributed by atoms with Gasteiger partial charge in [-0.1, -0.05) is 17.7 Å². The van der Waals surface area contributed by atoms with Crippen LogP contribution in [0.5, 0.6) is 11.6 Å². The molecule has 0 radical (unpaired) electrons. The normalized spacial score (nSPS) is 21.8. The summed E-state index contributed by atoms with van der Waals surface area (Å²) in [6.45, 7) is 1.48. The predicted octanol–water partition coefficient (Wildman–Crippen LogP) is 4.77. The maximum atomic E-state index is 14.6. The molecular weight excluding hydrogens is 613 g/mol. The summed E-state index contributed by atoms with van der Waals surface area (Å²) in [5.41, 5.74) is 6.46. The fourth-order valence-corrected chi connectivity index (χ4v) is 6.33. The Bertz CT molecular complexity index is 1940. The molecule has 1 aliphatic heterocycles. The molecule has 8 rings (SSSR count). The van der Waals surface area contributed by atoms with E-state index in [9.17, 15) is 19.1 Å². The van der Waals surface area contributed by atoms with Gasteiger partial charge in [-0.25, -0.2) is 13.9 Å². The molecular formula is C34H33ClFN5O5. The smallest absolute Gasteiger partial charge is 0.251 e. The van der Waals surface area contributed by atoms with Crippen LogP contribution in [0.1, 0.15) is 78.7 Å². The molecule has 2 amide bonds. The molecule has 0 spiro atoms. The lowest BCUT2D eigenvalue weighted by Gasteiger charge is -2.30. The maximum absolute atomic E-state index is 14.6. The largest absolute Gasteiger partial charge is 0.489 e. The lowest BCUT2D eigenvalue weighted by atomic mass is 9.81. The summed E-state index contributed by atoms with van der Waals surface area (Å²) in [6.07, 6.45) is 5.66. The monoisotopic (exact) mass is 645 g/mol. The SMILES string of the molecule is C[C@]1(C(N)=O)COc2c1cc(C(O)(CNC(=O)c1cc(OC3CC3)n3nc(C4CC4)cc3c1)C1CC1)nc2-c1ccc(Cl)c(F)c1. The average molecular weight is 646 g/mol. The minimum atomic E-state index is -1.60. The van der Waals surface area contributed by atoms with E-state index in [1.807, 2.05) is 6.07 Å². The molecule has 46 heavy (non-hydrogen) atoms. The number of carbonyl (C=O) groups is 2. The summed E-state index contributed by atoms with van der Waals surface area (Å²) in [4.78, 5) is 31.1. The van der Waals surface area contributed by atoms with Crippen molar-refractivity contribution in [3.8, 4) is 22.9 Å². The van der Waals surface area contributed by atoms with E-state index < -0.39 is 22.7 Å². The van der Waals surface area contributed by atoms with Gasteiger partial charge in [-0.3, -0.25) is 9.59 Å². The van der Waals surface area contributed by atoms with E-state index >= 15 is 0 Å². The number of fused-ring (bicyclic) bond motifs is 2. The molecule has 3 saturated carbocycles. The topological polar surface area (TPSA) is 141 Å². The first-order valence-corrected chi connectivity index (χ1v) is 16.1. The Morgan fingerprint density at radius 1 is 1.17 bits per heavy atom. The summed E-state index contributed by atoms with van der Waals surface area (Å²) < 4.78 is 28.4. The number of nitrogens with one attached hydrogen (secondary N) is 1. The fourth-order valence-electron chi connectivity index (χ4n) is 6.21. The van der Waals surface area contributed by atoms with Crippen LogP contribution in [0.15, 0.2) is 42.5 Å². The molecule has 12 heteroatoms. The zero-order valence-electron chi connectivity index (χ0n) is 25.2. The van der Waals surface area contributed by atoms with Crippen molar-refractivity contribution in [3.63, 3.8) is 0 Å². The van der Waals surface area contributed by atoms with Crippen LogP contribution in [0.25, 0.3) is 16.8 Å². The zero-order chi connectivity index (χ0) is 32.0. The van der Waals surface area contributed by atoms with Crippen LogP contribution in [0.4, 0.5) is 4.39 Å². The van der Waals surface area contributed by atoms with Crippen molar-refractivity contribution in [1.29, 1.82) is 0 Å². The number of carbonyl (C=O) groups excluding carboxylic acids is 2. The minimum absolute atomic E-state index is 0.0325. The van der Waals surface area contributed by atoms with Crippen LogP contribution in [0, 0.1) is 11.7 Å². The molecule has 10 nitrogen and oxygen atoms in total. The number of hydrogen-bond donors (Lipinski definition) is 3. The summed E-state index contributed by atoms with van der Waals surface area (Å²) in [6, 6.07) is 11.3. The highest BCUT2D eigenvalue weighted by Gasteiger charge is 2.50. The Morgan fingerprint density at radius 2 is 1.96 bits per heavy atom. The summed E-state index contributed by atoms with van der Waals surface area (Å²) >= 11 is 5.95. The lowest BCUT2D eigenvalue weighted by molar-refractivity contribution is -0.123. The van der Waals surface area contributed by atoms with E-state index in [0.29, 0.717) is 41.3 Å². The van der Waals surface area contributed by atoms with Gasteiger partial charge >= 0.3 is 0 Å². The number of ether oxygens (including phenoxy) is 2. The van der Waals surface area contributed by atoms with E-state index in [1.54, 1.807) is 35.7 Å². The number of rotatable bonds is 10. The number of primary amides is 1. The van der Waals surface area contributed by atoms with Gasteiger partial charge in [0.2, 0.25) is 11.8 Å². The number of amides is 2. The Labute approximate surface area is 269 Å². The molecule has 4 heterocycles. The third-order valence-corrected chi connectivity index (χ3v) is 9.95. The summed E-state index contributed by atoms with van der Waals surface area (Å²) in [5, 5.41) is 19.9. The summed E-state index contributed by atoms with van der Waals surface area (Å²) in [5.74, 6) is -0.605. The number of nitrogens with zero attached hydrogens (tertiary/aromatic N) is 3. The lowest BCUT2D eigenvalue weighted by Crippen LogP contribution is -2.44. The quantitative estimate of drug-likeness (QED) is 0.226. The highest BCUT2D eigenvalue weighted by atomic mass is 35.5. The Hall–Kier alpha value is -4.22. The maximum Gasteiger partial charge on any atom is 0.251 e. The first-order valence-electron chi connectivity index (χ1n) is 15.7. The molecule has 2 atom stereocenters. The van der Waals surface area contributed by atoms with Crippen LogP contribution < -0.4 is 20.5 Å². The Kier molecular flexibility index (Phi) is 6.60. The van der Waals surface area contributed by atoms with Crippen LogP contribution in [-0.2, 0) is 15.8 Å². The molecule has 238 valence electrons. The van der Waals surface area contributed by atoms with Gasteiger partial charge in [0.1, 0.15) is 41.0 Å². The molecule has 3 fully saturated rings. The number of pyridine rings is 2. The molecule has 1 aromatic carbocycles. The van der Waals surface area contributed by atoms with Crippen molar-refractivity contribution in [1.82, 2.24) is 19.9 Å². The number of aliphatic hydroxyl groups is 1. The highest BCUT2D eigenvalue weighted by molar-refractivity contribution is 6.30. The van der Waals surface area contributed by atoms with E-state index in [0.717, 1.165) is 36.9 Å². The molecule has 0 bridgehead atoms. The zero-order valence-corrected chi connectivity index (χ0v) is 25.9. The van der Waals surface area contributed by atoms with Crippen LogP contribution in [0.2, 0.25) is 5.02 Å². The average Bonchev–Trinajstić information content (AvgIpc) is 3.92. The second kappa shape index (κ2) is 10.4. The fraction of sp³-hybridized carbons (Fsp3) is 0.412. The van der Waals surface area contributed by atoms with Crippen molar-refractivity contribution in [3.05, 3.63) is 75.8 Å². The number of nitrogens with two attached hydrogens (primary N) is 1. The van der Waals surface area contributed by atoms with Gasteiger partial charge in [0.05, 0.1) is 28.5 Å². The van der Waals surface area contributed by atoms with Gasteiger partial charge in [0.25, 0.3) is 5.91 Å². The molecule has 4 aliphatic rings. The molecule has 0 saturated heterocycles. The molecule has 4 aromatic rings. The van der Waals surface area contributed by atoms with E-state index in [-0.39, 0.29) is 53.2 Å². The van der Waals surface area contributed by atoms with Gasteiger partial charge in [-0.05, 0) is 81.7 Å². The molecule has 3 aromatic heterocycles. The second-order valence-electron chi connectivity index (χ2n) is 13.3. The van der Waals surface area contributed by atoms with Gasteiger partial charge in [-0.2, -0.15) is 5.10 Å². The number of aromatic nitrogens is 3. The minimum Gasteiger partial charge on any atom is -0.489 e. The van der Waals surface area contributed by atoms with Gasteiger partial charge in [0, 0.05) is 28.7 Å². The second-order valence-corrected chi connectivity index (χ2v) is 13.7. The van der Waals surface area contributed by atoms with E-state index in [4.69, 9.17) is 36.9 Å². The molecule has 3 aliphatic carbocycles. The standard InChI is InChI=1S/C34H33ClFN5O5/c1-33(32(37)43)16-45-30-23(33)14-27(39-29(30)18-4-9-24(35)25(36)11-18)34(44,20-5-6-20)15-38-31(42)19-10-21-13-26(17-2-3-17)40-41(21)28(12-19)46-22-7-8-22/h4,9-14,17,20,22,44H,2-3,5-8,15-16H2,1H3,(H2,37,43)(H,38,42)/t33-,34?/m0/s1. The molecule has 4 N–H and O–H groups in total. The van der Waals surface area contributed by atoms with Crippen molar-refractivity contribution in [2.45, 2.75) is 68.5 Å². The van der Waals surface area contributed by atoms with E-state index in [2.05, 4.69) is 5.32 Å². The number of benzene rings is 1. The Balaban J connectivity index is 1.15. The van der Waals surface area contributed by atoms with Crippen molar-refractivity contribution < 1.29 is 28.6 Å². The molecule has 1 unspecified atom stereocenters. The van der Waals surface area contributed by atoms with E-state index in [1.165, 1.54) is 12.1 Å². The third-order valence-electron chi connectivity index (χ3n) is 9.64. The van der Waals surface area contributed by atoms with Crippen LogP contribution >= 0.6 is 11.6 Å². The van der Waals surface area contributed by atoms with Crippen LogP contribution in [-0.4, -0.2) is 50.8 Å². The predicted molar refractivity (Wildman–Crippen MR) is 166 cm³/mol. The number of halogens is 2. The van der Waals surface area contributed by atoms with Gasteiger partial charge in [-0.15, -0.1) is 0 Å². The van der Waals surface area contributed by atoms with Crippen molar-refractivity contribution in [2.24, 2.45) is 11.7 Å². The van der Waals surface area contributed by atoms with Gasteiger partial charge in [0.15, 0.2) is 0 Å². The Morgan fingerprint density at radius 3 is 2.63 bits per heavy atom. The van der Waals surface area contributed by atoms with Gasteiger partial charge < -0.3 is 25.6 Å².